The van der Waals surface area contributed by atoms with Gasteiger partial charge in [-0.05, 0) is 45.4 Å². The first-order valence-corrected chi connectivity index (χ1v) is 8.78. The number of benzene rings is 1. The van der Waals surface area contributed by atoms with Crippen LogP contribution in [0.3, 0.4) is 0 Å². The van der Waals surface area contributed by atoms with Gasteiger partial charge in [-0.15, -0.1) is 0 Å². The maximum Gasteiger partial charge on any atom is 0.407 e. The lowest BCUT2D eigenvalue weighted by molar-refractivity contribution is 0.0522. The number of hydrogen-bond acceptors (Lipinski definition) is 5. The Morgan fingerprint density at radius 3 is 2.48 bits per heavy atom. The summed E-state index contributed by atoms with van der Waals surface area (Å²) in [5.41, 5.74) is -0.591. The van der Waals surface area contributed by atoms with Gasteiger partial charge in [0.25, 0.3) is 0 Å². The molecule has 0 radical (unpaired) electrons. The SMILES string of the molecule is CC(C)(C)OC(=O)NCC[C@H](O)/C=C/S(=O)(=O)c1ccccc1. The van der Waals surface area contributed by atoms with Crippen LogP contribution in [-0.4, -0.2) is 37.9 Å². The minimum Gasteiger partial charge on any atom is -0.444 e. The summed E-state index contributed by atoms with van der Waals surface area (Å²) in [6.07, 6.45) is -0.187. The van der Waals surface area contributed by atoms with Crippen molar-refractivity contribution in [3.05, 3.63) is 41.8 Å². The molecule has 0 bridgehead atoms. The monoisotopic (exact) mass is 341 g/mol. The molecular weight excluding hydrogens is 318 g/mol. The summed E-state index contributed by atoms with van der Waals surface area (Å²) in [4.78, 5) is 11.6. The molecule has 1 rings (SSSR count). The molecule has 2 N–H and O–H groups in total. The zero-order chi connectivity index (χ0) is 17.5. The lowest BCUT2D eigenvalue weighted by atomic mass is 10.2. The Morgan fingerprint density at radius 1 is 1.30 bits per heavy atom. The number of nitrogens with one attached hydrogen (secondary N) is 1. The molecule has 0 aliphatic heterocycles. The highest BCUT2D eigenvalue weighted by atomic mass is 32.2. The van der Waals surface area contributed by atoms with Gasteiger partial charge in [0.2, 0.25) is 0 Å². The third kappa shape index (κ3) is 7.80. The molecule has 7 heteroatoms. The zero-order valence-electron chi connectivity index (χ0n) is 13.5. The molecular formula is C16H23NO5S. The molecule has 0 aliphatic rings. The lowest BCUT2D eigenvalue weighted by Gasteiger charge is -2.19. The number of sulfone groups is 1. The molecule has 1 amide bonds. The smallest absolute Gasteiger partial charge is 0.407 e. The fraction of sp³-hybridized carbons (Fsp3) is 0.438. The second kappa shape index (κ2) is 8.12. The van der Waals surface area contributed by atoms with E-state index in [0.29, 0.717) is 0 Å². The third-order valence-electron chi connectivity index (χ3n) is 2.66. The van der Waals surface area contributed by atoms with Crippen LogP contribution >= 0.6 is 0 Å². The molecule has 1 aromatic rings. The molecule has 0 saturated heterocycles. The van der Waals surface area contributed by atoms with Crippen LogP contribution in [0.2, 0.25) is 0 Å². The van der Waals surface area contributed by atoms with Crippen LogP contribution in [0, 0.1) is 0 Å². The Kier molecular flexibility index (Phi) is 6.78. The number of alkyl carbamates (subject to hydrolysis) is 1. The number of aliphatic hydroxyl groups excluding tert-OH is 1. The van der Waals surface area contributed by atoms with Crippen molar-refractivity contribution >= 4 is 15.9 Å². The molecule has 0 aliphatic carbocycles. The number of amides is 1. The van der Waals surface area contributed by atoms with Gasteiger partial charge in [0.15, 0.2) is 9.84 Å². The molecule has 1 atom stereocenters. The van der Waals surface area contributed by atoms with Crippen molar-refractivity contribution in [3.63, 3.8) is 0 Å². The van der Waals surface area contributed by atoms with E-state index in [4.69, 9.17) is 4.74 Å². The minimum atomic E-state index is -3.57. The van der Waals surface area contributed by atoms with E-state index in [1.807, 2.05) is 0 Å². The van der Waals surface area contributed by atoms with Gasteiger partial charge < -0.3 is 15.2 Å². The molecule has 0 fully saturated rings. The van der Waals surface area contributed by atoms with E-state index >= 15 is 0 Å². The topological polar surface area (TPSA) is 92.7 Å². The highest BCUT2D eigenvalue weighted by Crippen LogP contribution is 2.12. The highest BCUT2D eigenvalue weighted by Gasteiger charge is 2.16. The Bertz CT molecular complexity index is 632. The van der Waals surface area contributed by atoms with Gasteiger partial charge in [0.1, 0.15) is 5.60 Å². The minimum absolute atomic E-state index is 0.162. The van der Waals surface area contributed by atoms with Crippen LogP contribution in [0.25, 0.3) is 0 Å². The second-order valence-corrected chi connectivity index (χ2v) is 7.80. The van der Waals surface area contributed by atoms with E-state index in [1.54, 1.807) is 39.0 Å². The van der Waals surface area contributed by atoms with Crippen LogP contribution in [0.4, 0.5) is 4.79 Å². The van der Waals surface area contributed by atoms with Crippen molar-refractivity contribution in [2.45, 2.75) is 43.8 Å². The standard InChI is InChI=1S/C16H23NO5S/c1-16(2,3)22-15(19)17-11-9-13(18)10-12-23(20,21)14-7-5-4-6-8-14/h4-8,10,12-13,18H,9,11H2,1-3H3,(H,17,19)/b12-10+/t13-/m0/s1. The number of ether oxygens (including phenoxy) is 1. The van der Waals surface area contributed by atoms with Crippen LogP contribution in [0.1, 0.15) is 27.2 Å². The van der Waals surface area contributed by atoms with Gasteiger partial charge >= 0.3 is 6.09 Å². The Morgan fingerprint density at radius 2 is 1.91 bits per heavy atom. The molecule has 128 valence electrons. The molecule has 0 spiro atoms. The summed E-state index contributed by atoms with van der Waals surface area (Å²) < 4.78 is 29.0. The first kappa shape index (κ1) is 19.2. The number of aliphatic hydroxyl groups is 1. The van der Waals surface area contributed by atoms with E-state index in [1.165, 1.54) is 18.2 Å². The molecule has 1 aromatic carbocycles. The van der Waals surface area contributed by atoms with E-state index in [2.05, 4.69) is 5.32 Å². The predicted octanol–water partition coefficient (Wildman–Crippen LogP) is 2.25. The van der Waals surface area contributed by atoms with Crippen molar-refractivity contribution in [2.75, 3.05) is 6.54 Å². The highest BCUT2D eigenvalue weighted by molar-refractivity contribution is 7.94. The average Bonchev–Trinajstić information content (AvgIpc) is 2.44. The normalized spacial score (nSPS) is 13.7. The van der Waals surface area contributed by atoms with Gasteiger partial charge in [-0.25, -0.2) is 13.2 Å². The largest absolute Gasteiger partial charge is 0.444 e. The first-order valence-electron chi connectivity index (χ1n) is 7.23. The molecule has 0 aromatic heterocycles. The molecule has 0 saturated carbocycles. The Hall–Kier alpha value is -1.86. The van der Waals surface area contributed by atoms with E-state index < -0.39 is 27.6 Å². The summed E-state index contributed by atoms with van der Waals surface area (Å²) in [6.45, 7) is 5.42. The van der Waals surface area contributed by atoms with Crippen molar-refractivity contribution in [3.8, 4) is 0 Å². The van der Waals surface area contributed by atoms with E-state index in [-0.39, 0.29) is 17.9 Å². The summed E-state index contributed by atoms with van der Waals surface area (Å²) in [5.74, 6) is 0. The fourth-order valence-corrected chi connectivity index (χ4v) is 2.70. The van der Waals surface area contributed by atoms with Crippen LogP contribution in [0.5, 0.6) is 0 Å². The van der Waals surface area contributed by atoms with Crippen molar-refractivity contribution < 1.29 is 23.1 Å². The van der Waals surface area contributed by atoms with Gasteiger partial charge in [0.05, 0.1) is 11.0 Å². The number of rotatable bonds is 6. The molecule has 23 heavy (non-hydrogen) atoms. The molecule has 0 heterocycles. The van der Waals surface area contributed by atoms with Gasteiger partial charge in [0, 0.05) is 12.0 Å². The summed E-state index contributed by atoms with van der Waals surface area (Å²) in [7, 11) is -3.57. The van der Waals surface area contributed by atoms with Crippen molar-refractivity contribution in [1.82, 2.24) is 5.32 Å². The summed E-state index contributed by atoms with van der Waals surface area (Å²) >= 11 is 0. The zero-order valence-corrected chi connectivity index (χ0v) is 14.3. The quantitative estimate of drug-likeness (QED) is 0.828. The lowest BCUT2D eigenvalue weighted by Crippen LogP contribution is -2.33. The maximum atomic E-state index is 12.0. The number of hydrogen-bond donors (Lipinski definition) is 2. The van der Waals surface area contributed by atoms with Crippen LogP contribution in [0.15, 0.2) is 46.7 Å². The van der Waals surface area contributed by atoms with E-state index in [9.17, 15) is 18.3 Å². The van der Waals surface area contributed by atoms with Crippen molar-refractivity contribution in [1.29, 1.82) is 0 Å². The van der Waals surface area contributed by atoms with E-state index in [0.717, 1.165) is 5.41 Å². The third-order valence-corrected chi connectivity index (χ3v) is 4.10. The maximum absolute atomic E-state index is 12.0. The van der Waals surface area contributed by atoms with Gasteiger partial charge in [-0.1, -0.05) is 18.2 Å². The predicted molar refractivity (Wildman–Crippen MR) is 87.6 cm³/mol. The van der Waals surface area contributed by atoms with Gasteiger partial charge in [-0.2, -0.15) is 0 Å². The summed E-state index contributed by atoms with van der Waals surface area (Å²) in [6, 6.07) is 7.94. The molecule has 6 nitrogen and oxygen atoms in total. The first-order chi connectivity index (χ1) is 10.6. The number of carbonyl (C=O) groups excluding carboxylic acids is 1. The van der Waals surface area contributed by atoms with Crippen molar-refractivity contribution in [2.24, 2.45) is 0 Å². The molecule has 0 unspecified atom stereocenters. The Balaban J connectivity index is 2.45. The second-order valence-electron chi connectivity index (χ2n) is 5.97. The van der Waals surface area contributed by atoms with Gasteiger partial charge in [-0.3, -0.25) is 0 Å². The van der Waals surface area contributed by atoms with Crippen LogP contribution in [-0.2, 0) is 14.6 Å². The summed E-state index contributed by atoms with van der Waals surface area (Å²) in [5, 5.41) is 13.2. The van der Waals surface area contributed by atoms with Crippen LogP contribution < -0.4 is 5.32 Å². The average molecular weight is 341 g/mol. The number of carbonyl (C=O) groups is 1. The fourth-order valence-electron chi connectivity index (χ4n) is 1.62. The Labute approximate surface area is 137 Å².